The zero-order valence-electron chi connectivity index (χ0n) is 9.00. The molecule has 1 rings (SSSR count). The van der Waals surface area contributed by atoms with E-state index in [2.05, 4.69) is 0 Å². The summed E-state index contributed by atoms with van der Waals surface area (Å²) in [7, 11) is 0. The standard InChI is InChI=1S/C12H16F2O/c1-3-10(8(2)15)6-9-4-5-11(13)12(14)7-9/h4-5,7-8,10,15H,3,6H2,1-2H3. The molecular formula is C12H16F2O. The number of hydrogen-bond donors (Lipinski definition) is 1. The van der Waals surface area contributed by atoms with Crippen LogP contribution in [0.4, 0.5) is 8.78 Å². The number of rotatable bonds is 4. The van der Waals surface area contributed by atoms with Gasteiger partial charge in [0.1, 0.15) is 0 Å². The van der Waals surface area contributed by atoms with Crippen LogP contribution in [0.2, 0.25) is 0 Å². The predicted molar refractivity (Wildman–Crippen MR) is 55.5 cm³/mol. The minimum absolute atomic E-state index is 0.0925. The zero-order valence-corrected chi connectivity index (χ0v) is 9.00. The number of benzene rings is 1. The average Bonchev–Trinajstić information content (AvgIpc) is 2.19. The van der Waals surface area contributed by atoms with E-state index in [1.54, 1.807) is 13.0 Å². The molecule has 1 N–H and O–H groups in total. The van der Waals surface area contributed by atoms with Crippen molar-refractivity contribution in [2.24, 2.45) is 5.92 Å². The van der Waals surface area contributed by atoms with E-state index in [1.807, 2.05) is 6.92 Å². The highest BCUT2D eigenvalue weighted by Gasteiger charge is 2.14. The normalized spacial score (nSPS) is 15.0. The molecule has 1 aromatic rings. The second-order valence-corrected chi connectivity index (χ2v) is 3.86. The zero-order chi connectivity index (χ0) is 11.4. The van der Waals surface area contributed by atoms with Crippen LogP contribution in [-0.4, -0.2) is 11.2 Å². The molecule has 0 radical (unpaired) electrons. The van der Waals surface area contributed by atoms with E-state index in [9.17, 15) is 13.9 Å². The summed E-state index contributed by atoms with van der Waals surface area (Å²) in [6, 6.07) is 3.88. The molecule has 0 aromatic heterocycles. The van der Waals surface area contributed by atoms with Gasteiger partial charge in [-0.05, 0) is 37.0 Å². The average molecular weight is 214 g/mol. The molecule has 0 spiro atoms. The fraction of sp³-hybridized carbons (Fsp3) is 0.500. The molecule has 0 bridgehead atoms. The molecule has 0 amide bonds. The predicted octanol–water partition coefficient (Wildman–Crippen LogP) is 2.91. The van der Waals surface area contributed by atoms with Crippen LogP contribution in [-0.2, 0) is 6.42 Å². The summed E-state index contributed by atoms with van der Waals surface area (Å²) in [6.07, 6.45) is 0.963. The lowest BCUT2D eigenvalue weighted by Gasteiger charge is -2.17. The molecule has 1 aromatic carbocycles. The second-order valence-electron chi connectivity index (χ2n) is 3.86. The third-order valence-corrected chi connectivity index (χ3v) is 2.69. The van der Waals surface area contributed by atoms with Crippen LogP contribution in [0.15, 0.2) is 18.2 Å². The first kappa shape index (κ1) is 12.1. The van der Waals surface area contributed by atoms with Crippen molar-refractivity contribution < 1.29 is 13.9 Å². The summed E-state index contributed by atoms with van der Waals surface area (Å²) in [5.41, 5.74) is 0.724. The fourth-order valence-electron chi connectivity index (χ4n) is 1.63. The molecule has 0 fully saturated rings. The van der Waals surface area contributed by atoms with Gasteiger partial charge in [0.25, 0.3) is 0 Å². The van der Waals surface area contributed by atoms with Gasteiger partial charge in [0.15, 0.2) is 11.6 Å². The van der Waals surface area contributed by atoms with Crippen LogP contribution in [0.1, 0.15) is 25.8 Å². The molecule has 3 heteroatoms. The van der Waals surface area contributed by atoms with Gasteiger partial charge in [-0.15, -0.1) is 0 Å². The summed E-state index contributed by atoms with van der Waals surface area (Å²) >= 11 is 0. The van der Waals surface area contributed by atoms with E-state index < -0.39 is 17.7 Å². The van der Waals surface area contributed by atoms with Gasteiger partial charge in [0.05, 0.1) is 6.10 Å². The van der Waals surface area contributed by atoms with E-state index in [-0.39, 0.29) is 5.92 Å². The SMILES string of the molecule is CCC(Cc1ccc(F)c(F)c1)C(C)O. The Morgan fingerprint density at radius 2 is 1.93 bits per heavy atom. The van der Waals surface area contributed by atoms with Crippen molar-refractivity contribution in [1.29, 1.82) is 0 Å². The van der Waals surface area contributed by atoms with Gasteiger partial charge in [0, 0.05) is 0 Å². The van der Waals surface area contributed by atoms with Crippen molar-refractivity contribution in [1.82, 2.24) is 0 Å². The van der Waals surface area contributed by atoms with Crippen LogP contribution in [0.3, 0.4) is 0 Å². The number of hydrogen-bond acceptors (Lipinski definition) is 1. The van der Waals surface area contributed by atoms with Gasteiger partial charge in [-0.25, -0.2) is 8.78 Å². The van der Waals surface area contributed by atoms with Crippen LogP contribution in [0.5, 0.6) is 0 Å². The molecule has 2 atom stereocenters. The van der Waals surface area contributed by atoms with E-state index in [4.69, 9.17) is 0 Å². The number of halogens is 2. The lowest BCUT2D eigenvalue weighted by atomic mass is 9.92. The van der Waals surface area contributed by atoms with Crippen molar-refractivity contribution in [3.63, 3.8) is 0 Å². The monoisotopic (exact) mass is 214 g/mol. The van der Waals surface area contributed by atoms with Crippen molar-refractivity contribution in [2.45, 2.75) is 32.8 Å². The maximum atomic E-state index is 12.9. The highest BCUT2D eigenvalue weighted by Crippen LogP contribution is 2.17. The third kappa shape index (κ3) is 3.27. The van der Waals surface area contributed by atoms with Crippen molar-refractivity contribution in [3.05, 3.63) is 35.4 Å². The Morgan fingerprint density at radius 1 is 1.27 bits per heavy atom. The summed E-state index contributed by atoms with van der Waals surface area (Å²) in [6.45, 7) is 3.69. The van der Waals surface area contributed by atoms with Gasteiger partial charge in [0.2, 0.25) is 0 Å². The summed E-state index contributed by atoms with van der Waals surface area (Å²) < 4.78 is 25.5. The first-order chi connectivity index (χ1) is 7.04. The lowest BCUT2D eigenvalue weighted by Crippen LogP contribution is -2.18. The van der Waals surface area contributed by atoms with Crippen LogP contribution < -0.4 is 0 Å². The Kier molecular flexibility index (Phi) is 4.21. The molecule has 0 aliphatic rings. The molecule has 84 valence electrons. The Labute approximate surface area is 88.7 Å². The molecule has 0 aliphatic carbocycles. The first-order valence-electron chi connectivity index (χ1n) is 5.16. The van der Waals surface area contributed by atoms with Crippen molar-refractivity contribution >= 4 is 0 Å². The van der Waals surface area contributed by atoms with E-state index >= 15 is 0 Å². The highest BCUT2D eigenvalue weighted by atomic mass is 19.2. The minimum atomic E-state index is -0.830. The largest absolute Gasteiger partial charge is 0.393 e. The fourth-order valence-corrected chi connectivity index (χ4v) is 1.63. The van der Waals surface area contributed by atoms with Gasteiger partial charge in [-0.2, -0.15) is 0 Å². The second kappa shape index (κ2) is 5.21. The molecule has 0 saturated carbocycles. The summed E-state index contributed by atoms with van der Waals surface area (Å²) in [5, 5.41) is 9.43. The van der Waals surface area contributed by atoms with Gasteiger partial charge < -0.3 is 5.11 Å². The van der Waals surface area contributed by atoms with E-state index in [0.29, 0.717) is 6.42 Å². The Hall–Kier alpha value is -0.960. The Bertz CT molecular complexity index is 323. The summed E-state index contributed by atoms with van der Waals surface area (Å²) in [5.74, 6) is -1.56. The quantitative estimate of drug-likeness (QED) is 0.817. The van der Waals surface area contributed by atoms with Crippen molar-refractivity contribution in [3.8, 4) is 0 Å². The Morgan fingerprint density at radius 3 is 2.40 bits per heavy atom. The number of aliphatic hydroxyl groups is 1. The first-order valence-corrected chi connectivity index (χ1v) is 5.16. The van der Waals surface area contributed by atoms with Gasteiger partial charge in [-0.1, -0.05) is 19.4 Å². The lowest BCUT2D eigenvalue weighted by molar-refractivity contribution is 0.123. The molecule has 0 heterocycles. The van der Waals surface area contributed by atoms with E-state index in [0.717, 1.165) is 18.1 Å². The molecule has 2 unspecified atom stereocenters. The van der Waals surface area contributed by atoms with Gasteiger partial charge >= 0.3 is 0 Å². The molecular weight excluding hydrogens is 198 g/mol. The van der Waals surface area contributed by atoms with Crippen LogP contribution in [0, 0.1) is 17.6 Å². The summed E-state index contributed by atoms with van der Waals surface area (Å²) in [4.78, 5) is 0. The molecule has 0 aliphatic heterocycles. The minimum Gasteiger partial charge on any atom is -0.393 e. The topological polar surface area (TPSA) is 20.2 Å². The maximum absolute atomic E-state index is 12.9. The Balaban J connectivity index is 2.75. The highest BCUT2D eigenvalue weighted by molar-refractivity contribution is 5.18. The van der Waals surface area contributed by atoms with Gasteiger partial charge in [-0.3, -0.25) is 0 Å². The van der Waals surface area contributed by atoms with E-state index in [1.165, 1.54) is 6.07 Å². The third-order valence-electron chi connectivity index (χ3n) is 2.69. The molecule has 1 nitrogen and oxygen atoms in total. The van der Waals surface area contributed by atoms with Crippen LogP contribution >= 0.6 is 0 Å². The maximum Gasteiger partial charge on any atom is 0.159 e. The molecule has 15 heavy (non-hydrogen) atoms. The number of aliphatic hydroxyl groups excluding tert-OH is 1. The molecule has 0 saturated heterocycles. The van der Waals surface area contributed by atoms with Crippen LogP contribution in [0.25, 0.3) is 0 Å². The smallest absolute Gasteiger partial charge is 0.159 e. The van der Waals surface area contributed by atoms with Crippen molar-refractivity contribution in [2.75, 3.05) is 0 Å².